The van der Waals surface area contributed by atoms with Gasteiger partial charge in [-0.25, -0.2) is 4.79 Å². The van der Waals surface area contributed by atoms with Gasteiger partial charge in [-0.05, 0) is 27.2 Å². The van der Waals surface area contributed by atoms with E-state index in [4.69, 9.17) is 14.6 Å². The van der Waals surface area contributed by atoms with E-state index < -0.39 is 29.7 Å². The molecule has 0 aliphatic carbocycles. The lowest BCUT2D eigenvalue weighted by molar-refractivity contribution is -0.150. The number of piperidine rings is 1. The van der Waals surface area contributed by atoms with E-state index in [2.05, 4.69) is 0 Å². The zero-order valence-electron chi connectivity index (χ0n) is 11.3. The van der Waals surface area contributed by atoms with Crippen molar-refractivity contribution < 1.29 is 24.2 Å². The Morgan fingerprint density at radius 2 is 1.94 bits per heavy atom. The minimum Gasteiger partial charge on any atom is -0.481 e. The van der Waals surface area contributed by atoms with Crippen LogP contribution in [-0.4, -0.2) is 54.0 Å². The van der Waals surface area contributed by atoms with Crippen LogP contribution in [0.15, 0.2) is 0 Å². The van der Waals surface area contributed by atoms with E-state index in [-0.39, 0.29) is 6.54 Å². The maximum atomic E-state index is 11.9. The molecule has 0 aromatic heterocycles. The van der Waals surface area contributed by atoms with Gasteiger partial charge in [-0.3, -0.25) is 4.79 Å². The molecule has 2 atom stereocenters. The average Bonchev–Trinajstić information content (AvgIpc) is 2.25. The first-order chi connectivity index (χ1) is 8.24. The van der Waals surface area contributed by atoms with Gasteiger partial charge in [-0.1, -0.05) is 0 Å². The summed E-state index contributed by atoms with van der Waals surface area (Å²) in [7, 11) is 1.46. The lowest BCUT2D eigenvalue weighted by atomic mass is 9.94. The largest absolute Gasteiger partial charge is 0.481 e. The molecule has 0 bridgehead atoms. The number of likely N-dealkylation sites (tertiary alicyclic amines) is 1. The van der Waals surface area contributed by atoms with Gasteiger partial charge >= 0.3 is 12.1 Å². The first-order valence-electron chi connectivity index (χ1n) is 5.98. The average molecular weight is 259 g/mol. The highest BCUT2D eigenvalue weighted by molar-refractivity contribution is 5.72. The summed E-state index contributed by atoms with van der Waals surface area (Å²) >= 11 is 0. The molecule has 1 fully saturated rings. The summed E-state index contributed by atoms with van der Waals surface area (Å²) in [6.07, 6.45) is -0.523. The van der Waals surface area contributed by atoms with Gasteiger partial charge in [0, 0.05) is 13.7 Å². The maximum Gasteiger partial charge on any atom is 0.410 e. The molecule has 1 amide bonds. The van der Waals surface area contributed by atoms with Crippen molar-refractivity contribution in [3.05, 3.63) is 0 Å². The van der Waals surface area contributed by atoms with E-state index in [1.807, 2.05) is 0 Å². The zero-order chi connectivity index (χ0) is 13.9. The smallest absolute Gasteiger partial charge is 0.410 e. The number of amides is 1. The zero-order valence-corrected chi connectivity index (χ0v) is 11.3. The third kappa shape index (κ3) is 3.87. The van der Waals surface area contributed by atoms with E-state index in [9.17, 15) is 9.59 Å². The monoisotopic (exact) mass is 259 g/mol. The quantitative estimate of drug-likeness (QED) is 0.810. The Balaban J connectivity index is 2.62. The predicted octanol–water partition coefficient (Wildman–Crippen LogP) is 1.34. The Morgan fingerprint density at radius 3 is 2.39 bits per heavy atom. The molecule has 0 radical (unpaired) electrons. The van der Waals surface area contributed by atoms with Crippen molar-refractivity contribution in [3.63, 3.8) is 0 Å². The molecule has 18 heavy (non-hydrogen) atoms. The van der Waals surface area contributed by atoms with Crippen molar-refractivity contribution >= 4 is 12.1 Å². The molecule has 1 N–H and O–H groups in total. The molecule has 1 aliphatic heterocycles. The lowest BCUT2D eigenvalue weighted by Crippen LogP contribution is -2.50. The van der Waals surface area contributed by atoms with Crippen molar-refractivity contribution in [2.45, 2.75) is 38.9 Å². The molecule has 1 rings (SSSR count). The number of carbonyl (C=O) groups is 2. The Hall–Kier alpha value is -1.30. The number of ether oxygens (including phenoxy) is 2. The summed E-state index contributed by atoms with van der Waals surface area (Å²) in [5.41, 5.74) is -0.552. The van der Waals surface area contributed by atoms with Crippen LogP contribution in [-0.2, 0) is 14.3 Å². The molecule has 6 heteroatoms. The van der Waals surface area contributed by atoms with Crippen LogP contribution in [0.1, 0.15) is 27.2 Å². The molecule has 1 aliphatic rings. The Kier molecular flexibility index (Phi) is 4.56. The van der Waals surface area contributed by atoms with Gasteiger partial charge in [0.1, 0.15) is 5.60 Å². The Morgan fingerprint density at radius 1 is 1.33 bits per heavy atom. The SMILES string of the molecule is CO[C@@H]1CN(C(=O)OC(C)(C)C)CC[C@@H]1C(=O)O. The molecule has 1 saturated heterocycles. The van der Waals surface area contributed by atoms with Crippen LogP contribution in [0.3, 0.4) is 0 Å². The summed E-state index contributed by atoms with van der Waals surface area (Å²) in [6.45, 7) is 6.02. The Bertz CT molecular complexity index is 323. The number of nitrogens with zero attached hydrogens (tertiary/aromatic N) is 1. The fraction of sp³-hybridized carbons (Fsp3) is 0.833. The molecule has 0 unspecified atom stereocenters. The second-order valence-corrected chi connectivity index (χ2v) is 5.43. The molecule has 0 spiro atoms. The molecule has 0 saturated carbocycles. The van der Waals surface area contributed by atoms with Crippen LogP contribution in [0.4, 0.5) is 4.79 Å². The summed E-state index contributed by atoms with van der Waals surface area (Å²) in [4.78, 5) is 24.4. The highest BCUT2D eigenvalue weighted by Gasteiger charge is 2.37. The van der Waals surface area contributed by atoms with Crippen LogP contribution >= 0.6 is 0 Å². The van der Waals surface area contributed by atoms with Crippen LogP contribution in [0, 0.1) is 5.92 Å². The highest BCUT2D eigenvalue weighted by Crippen LogP contribution is 2.22. The number of carbonyl (C=O) groups excluding carboxylic acids is 1. The fourth-order valence-electron chi connectivity index (χ4n) is 1.93. The van der Waals surface area contributed by atoms with Crippen molar-refractivity contribution in [2.75, 3.05) is 20.2 Å². The highest BCUT2D eigenvalue weighted by atomic mass is 16.6. The normalized spacial score (nSPS) is 24.8. The minimum atomic E-state index is -0.884. The van der Waals surface area contributed by atoms with Crippen LogP contribution < -0.4 is 0 Å². The van der Waals surface area contributed by atoms with Gasteiger partial charge in [-0.15, -0.1) is 0 Å². The molecular formula is C12H21NO5. The second kappa shape index (κ2) is 5.56. The minimum absolute atomic E-state index is 0.252. The molecule has 104 valence electrons. The van der Waals surface area contributed by atoms with Crippen molar-refractivity contribution in [1.82, 2.24) is 4.90 Å². The van der Waals surface area contributed by atoms with Crippen LogP contribution in [0.2, 0.25) is 0 Å². The van der Waals surface area contributed by atoms with E-state index >= 15 is 0 Å². The van der Waals surface area contributed by atoms with Crippen molar-refractivity contribution in [3.8, 4) is 0 Å². The summed E-state index contributed by atoms with van der Waals surface area (Å²) in [5, 5.41) is 9.04. The van der Waals surface area contributed by atoms with Crippen molar-refractivity contribution in [2.24, 2.45) is 5.92 Å². The fourth-order valence-corrected chi connectivity index (χ4v) is 1.93. The summed E-state index contributed by atoms with van der Waals surface area (Å²) in [6, 6.07) is 0. The third-order valence-electron chi connectivity index (χ3n) is 2.83. The molecule has 6 nitrogen and oxygen atoms in total. The standard InChI is InChI=1S/C12H21NO5/c1-12(2,3)18-11(16)13-6-5-8(10(14)15)9(7-13)17-4/h8-9H,5-7H2,1-4H3,(H,14,15)/t8-,9+/m0/s1. The number of carboxylic acids is 1. The van der Waals surface area contributed by atoms with E-state index in [0.29, 0.717) is 13.0 Å². The van der Waals surface area contributed by atoms with Gasteiger partial charge in [0.15, 0.2) is 0 Å². The molecule has 0 aromatic carbocycles. The summed E-state index contributed by atoms with van der Waals surface area (Å²) in [5.74, 6) is -1.45. The maximum absolute atomic E-state index is 11.9. The second-order valence-electron chi connectivity index (χ2n) is 5.43. The predicted molar refractivity (Wildman–Crippen MR) is 64.3 cm³/mol. The van der Waals surface area contributed by atoms with Crippen molar-refractivity contribution in [1.29, 1.82) is 0 Å². The summed E-state index contributed by atoms with van der Waals surface area (Å²) < 4.78 is 10.4. The molecule has 1 heterocycles. The van der Waals surface area contributed by atoms with E-state index in [1.165, 1.54) is 12.0 Å². The van der Waals surface area contributed by atoms with E-state index in [1.54, 1.807) is 20.8 Å². The number of hydrogen-bond acceptors (Lipinski definition) is 4. The van der Waals surface area contributed by atoms with Crippen LogP contribution in [0.25, 0.3) is 0 Å². The van der Waals surface area contributed by atoms with Gasteiger partial charge < -0.3 is 19.5 Å². The number of hydrogen-bond donors (Lipinski definition) is 1. The van der Waals surface area contributed by atoms with E-state index in [0.717, 1.165) is 0 Å². The van der Waals surface area contributed by atoms with Gasteiger partial charge in [0.25, 0.3) is 0 Å². The molecular weight excluding hydrogens is 238 g/mol. The van der Waals surface area contributed by atoms with Crippen LogP contribution in [0.5, 0.6) is 0 Å². The first-order valence-corrected chi connectivity index (χ1v) is 5.98. The number of rotatable bonds is 2. The number of aliphatic carboxylic acids is 1. The van der Waals surface area contributed by atoms with Gasteiger partial charge in [0.2, 0.25) is 0 Å². The van der Waals surface area contributed by atoms with Gasteiger partial charge in [0.05, 0.1) is 18.6 Å². The molecule has 0 aromatic rings. The number of carboxylic acid groups (broad SMARTS) is 1. The Labute approximate surface area is 107 Å². The van der Waals surface area contributed by atoms with Gasteiger partial charge in [-0.2, -0.15) is 0 Å². The first kappa shape index (κ1) is 14.8. The topological polar surface area (TPSA) is 76.1 Å². The number of methoxy groups -OCH3 is 1. The third-order valence-corrected chi connectivity index (χ3v) is 2.83. The lowest BCUT2D eigenvalue weighted by Gasteiger charge is -2.36.